The van der Waals surface area contributed by atoms with Crippen LogP contribution in [0.15, 0.2) is 0 Å². The van der Waals surface area contributed by atoms with Gasteiger partial charge in [0.05, 0.1) is 0 Å². The van der Waals surface area contributed by atoms with Crippen molar-refractivity contribution in [3.05, 3.63) is 0 Å². The van der Waals surface area contributed by atoms with Crippen molar-refractivity contribution >= 4 is 0 Å². The molecule has 0 heterocycles. The Morgan fingerprint density at radius 3 is 2.10 bits per heavy atom. The third kappa shape index (κ3) is 3.21. The zero-order valence-electron chi connectivity index (χ0n) is 7.99. The Morgan fingerprint density at radius 1 is 1.30 bits per heavy atom. The van der Waals surface area contributed by atoms with Crippen LogP contribution in [0.5, 0.6) is 0 Å². The van der Waals surface area contributed by atoms with E-state index in [0.29, 0.717) is 11.5 Å². The summed E-state index contributed by atoms with van der Waals surface area (Å²) in [6, 6.07) is 0. The molecule has 0 atom stereocenters. The van der Waals surface area contributed by atoms with Gasteiger partial charge in [-0.25, -0.2) is 0 Å². The summed E-state index contributed by atoms with van der Waals surface area (Å²) in [7, 11) is 0. The van der Waals surface area contributed by atoms with E-state index in [1.54, 1.807) is 0 Å². The highest BCUT2D eigenvalue weighted by atomic mass is 15.0. The second kappa shape index (κ2) is 3.97. The monoisotopic (exact) mass is 143 g/mol. The van der Waals surface area contributed by atoms with Gasteiger partial charge in [0.1, 0.15) is 0 Å². The molecule has 0 saturated carbocycles. The maximum absolute atomic E-state index is 3.51. The van der Waals surface area contributed by atoms with E-state index in [9.17, 15) is 0 Å². The fourth-order valence-corrected chi connectivity index (χ4v) is 0.651. The molecule has 0 aromatic rings. The highest BCUT2D eigenvalue weighted by Crippen LogP contribution is 2.14. The van der Waals surface area contributed by atoms with E-state index >= 15 is 0 Å². The van der Waals surface area contributed by atoms with Crippen LogP contribution in [0.2, 0.25) is 0 Å². The van der Waals surface area contributed by atoms with Gasteiger partial charge in [-0.1, -0.05) is 20.8 Å². The maximum atomic E-state index is 3.51. The first-order chi connectivity index (χ1) is 4.50. The maximum Gasteiger partial charge on any atom is 0.0148 e. The summed E-state index contributed by atoms with van der Waals surface area (Å²) in [5, 5.41) is 3.51. The number of hydrogen-bond acceptors (Lipinski definition) is 1. The average Bonchev–Trinajstić information content (AvgIpc) is 1.84. The minimum Gasteiger partial charge on any atom is -0.312 e. The molecule has 10 heavy (non-hydrogen) atoms. The third-order valence-electron chi connectivity index (χ3n) is 2.27. The zero-order valence-corrected chi connectivity index (χ0v) is 7.99. The van der Waals surface area contributed by atoms with Crippen LogP contribution < -0.4 is 5.32 Å². The molecule has 0 bridgehead atoms. The Kier molecular flexibility index (Phi) is 3.95. The standard InChI is InChI=1S/C9H21N/c1-6-7-10-9(4,5)8(2)3/h8,10H,6-7H2,1-5H3. The SMILES string of the molecule is CCCNC(C)(C)C(C)C. The van der Waals surface area contributed by atoms with Gasteiger partial charge >= 0.3 is 0 Å². The van der Waals surface area contributed by atoms with Gasteiger partial charge in [0.2, 0.25) is 0 Å². The first-order valence-corrected chi connectivity index (χ1v) is 4.25. The van der Waals surface area contributed by atoms with Crippen LogP contribution >= 0.6 is 0 Å². The Bertz CT molecular complexity index is 84.7. The van der Waals surface area contributed by atoms with Crippen LogP contribution in [0.25, 0.3) is 0 Å². The third-order valence-corrected chi connectivity index (χ3v) is 2.27. The van der Waals surface area contributed by atoms with Gasteiger partial charge in [0.25, 0.3) is 0 Å². The van der Waals surface area contributed by atoms with Crippen molar-refractivity contribution in [2.45, 2.75) is 46.6 Å². The molecule has 0 aliphatic rings. The molecule has 0 aliphatic carbocycles. The minimum absolute atomic E-state index is 0.302. The summed E-state index contributed by atoms with van der Waals surface area (Å²) in [5.74, 6) is 0.707. The molecule has 0 rings (SSSR count). The lowest BCUT2D eigenvalue weighted by atomic mass is 9.91. The van der Waals surface area contributed by atoms with Gasteiger partial charge in [-0.15, -0.1) is 0 Å². The van der Waals surface area contributed by atoms with Crippen LogP contribution in [0.3, 0.4) is 0 Å². The average molecular weight is 143 g/mol. The molecular weight excluding hydrogens is 122 g/mol. The molecule has 1 heteroatoms. The first-order valence-electron chi connectivity index (χ1n) is 4.25. The van der Waals surface area contributed by atoms with Gasteiger partial charge in [-0.05, 0) is 32.7 Å². The molecule has 0 radical (unpaired) electrons. The Hall–Kier alpha value is -0.0400. The van der Waals surface area contributed by atoms with Crippen molar-refractivity contribution in [2.24, 2.45) is 5.92 Å². The van der Waals surface area contributed by atoms with E-state index in [0.717, 1.165) is 6.54 Å². The molecule has 1 N–H and O–H groups in total. The number of nitrogens with one attached hydrogen (secondary N) is 1. The molecule has 0 unspecified atom stereocenters. The van der Waals surface area contributed by atoms with Gasteiger partial charge in [0.15, 0.2) is 0 Å². The second-order valence-electron chi connectivity index (χ2n) is 3.80. The second-order valence-corrected chi connectivity index (χ2v) is 3.80. The zero-order chi connectivity index (χ0) is 8.20. The van der Waals surface area contributed by atoms with Crippen molar-refractivity contribution in [3.63, 3.8) is 0 Å². The van der Waals surface area contributed by atoms with E-state index in [1.165, 1.54) is 6.42 Å². The fourth-order valence-electron chi connectivity index (χ4n) is 0.651. The van der Waals surface area contributed by atoms with Crippen molar-refractivity contribution in [1.82, 2.24) is 5.32 Å². The lowest BCUT2D eigenvalue weighted by Gasteiger charge is -2.30. The van der Waals surface area contributed by atoms with Crippen LogP contribution in [-0.2, 0) is 0 Å². The highest BCUT2D eigenvalue weighted by molar-refractivity contribution is 4.80. The molecule has 0 fully saturated rings. The minimum atomic E-state index is 0.302. The van der Waals surface area contributed by atoms with Gasteiger partial charge in [-0.2, -0.15) is 0 Å². The van der Waals surface area contributed by atoms with Crippen molar-refractivity contribution in [3.8, 4) is 0 Å². The molecule has 0 aromatic heterocycles. The lowest BCUT2D eigenvalue weighted by molar-refractivity contribution is 0.289. The van der Waals surface area contributed by atoms with Gasteiger partial charge < -0.3 is 5.32 Å². The first kappa shape index (κ1) is 9.96. The molecule has 0 spiro atoms. The smallest absolute Gasteiger partial charge is 0.0148 e. The normalized spacial score (nSPS) is 12.6. The highest BCUT2D eigenvalue weighted by Gasteiger charge is 2.19. The largest absolute Gasteiger partial charge is 0.312 e. The van der Waals surface area contributed by atoms with E-state index < -0.39 is 0 Å². The summed E-state index contributed by atoms with van der Waals surface area (Å²) in [6.45, 7) is 12.3. The molecule has 0 aliphatic heterocycles. The Morgan fingerprint density at radius 2 is 1.80 bits per heavy atom. The van der Waals surface area contributed by atoms with Crippen LogP contribution in [0, 0.1) is 5.92 Å². The topological polar surface area (TPSA) is 12.0 Å². The quantitative estimate of drug-likeness (QED) is 0.637. The fraction of sp³-hybridized carbons (Fsp3) is 1.00. The number of rotatable bonds is 4. The van der Waals surface area contributed by atoms with Gasteiger partial charge in [0, 0.05) is 5.54 Å². The molecular formula is C9H21N. The molecule has 0 amide bonds. The molecule has 62 valence electrons. The van der Waals surface area contributed by atoms with Crippen molar-refractivity contribution < 1.29 is 0 Å². The van der Waals surface area contributed by atoms with E-state index in [1.807, 2.05) is 0 Å². The van der Waals surface area contributed by atoms with Crippen molar-refractivity contribution in [1.29, 1.82) is 0 Å². The Labute approximate surface area is 65.2 Å². The summed E-state index contributed by atoms with van der Waals surface area (Å²) in [4.78, 5) is 0. The van der Waals surface area contributed by atoms with Crippen molar-refractivity contribution in [2.75, 3.05) is 6.54 Å². The van der Waals surface area contributed by atoms with Crippen LogP contribution in [-0.4, -0.2) is 12.1 Å². The summed E-state index contributed by atoms with van der Waals surface area (Å²) in [5.41, 5.74) is 0.302. The van der Waals surface area contributed by atoms with Crippen LogP contribution in [0.1, 0.15) is 41.0 Å². The molecule has 0 saturated heterocycles. The summed E-state index contributed by atoms with van der Waals surface area (Å²) < 4.78 is 0. The van der Waals surface area contributed by atoms with E-state index in [-0.39, 0.29) is 0 Å². The summed E-state index contributed by atoms with van der Waals surface area (Å²) in [6.07, 6.45) is 1.22. The molecule has 0 aromatic carbocycles. The predicted molar refractivity (Wildman–Crippen MR) is 47.2 cm³/mol. The van der Waals surface area contributed by atoms with Crippen LogP contribution in [0.4, 0.5) is 0 Å². The predicted octanol–water partition coefficient (Wildman–Crippen LogP) is 2.42. The summed E-state index contributed by atoms with van der Waals surface area (Å²) >= 11 is 0. The van der Waals surface area contributed by atoms with Gasteiger partial charge in [-0.3, -0.25) is 0 Å². The van der Waals surface area contributed by atoms with E-state index in [4.69, 9.17) is 0 Å². The lowest BCUT2D eigenvalue weighted by Crippen LogP contribution is -2.44. The number of hydrogen-bond donors (Lipinski definition) is 1. The Balaban J connectivity index is 3.63. The van der Waals surface area contributed by atoms with E-state index in [2.05, 4.69) is 39.9 Å². The molecule has 1 nitrogen and oxygen atoms in total.